The number of carbonyl (C=O) groups is 1. The van der Waals surface area contributed by atoms with Crippen LogP contribution in [0.2, 0.25) is 0 Å². The van der Waals surface area contributed by atoms with Gasteiger partial charge in [0, 0.05) is 24.8 Å². The summed E-state index contributed by atoms with van der Waals surface area (Å²) in [4.78, 5) is 14.8. The fraction of sp³-hybridized carbons (Fsp3) is 0.250. The molecule has 2 atom stereocenters. The number of ether oxygens (including phenoxy) is 2. The van der Waals surface area contributed by atoms with Crippen LogP contribution in [0.5, 0.6) is 5.75 Å². The van der Waals surface area contributed by atoms with Crippen LogP contribution in [-0.2, 0) is 23.1 Å². The van der Waals surface area contributed by atoms with E-state index in [0.717, 1.165) is 27.9 Å². The topological polar surface area (TPSA) is 43.7 Å². The Bertz CT molecular complexity index is 1080. The molecule has 2 unspecified atom stereocenters. The summed E-state index contributed by atoms with van der Waals surface area (Å²) in [6.45, 7) is 4.39. The standard InChI is InChI=1S/C24H24N2O3/c1-4-5-14-29-23-22(21-15-18-8-6-7-9-20(18)25(21)2)26(24(23)27)16-17-10-12-19(28-3)13-11-17/h5-13,15,22-23H,1,14,16H2,2-3H3. The number of methoxy groups -OCH3 is 1. The van der Waals surface area contributed by atoms with E-state index in [4.69, 9.17) is 9.47 Å². The van der Waals surface area contributed by atoms with Crippen LogP contribution >= 0.6 is 0 Å². The number of aromatic nitrogens is 1. The second kappa shape index (κ2) is 8.00. The summed E-state index contributed by atoms with van der Waals surface area (Å²) in [6, 6.07) is 18.0. The van der Waals surface area contributed by atoms with E-state index in [1.165, 1.54) is 0 Å². The van der Waals surface area contributed by atoms with Gasteiger partial charge in [-0.2, -0.15) is 0 Å². The number of para-hydroxylation sites is 1. The Morgan fingerprint density at radius 2 is 1.93 bits per heavy atom. The van der Waals surface area contributed by atoms with Crippen molar-refractivity contribution in [3.8, 4) is 5.75 Å². The van der Waals surface area contributed by atoms with Crippen LogP contribution in [-0.4, -0.2) is 35.2 Å². The first-order valence-electron chi connectivity index (χ1n) is 9.57. The number of hydrogen-bond donors (Lipinski definition) is 0. The largest absolute Gasteiger partial charge is 0.497 e. The maximum absolute atomic E-state index is 12.9. The third kappa shape index (κ3) is 3.46. The van der Waals surface area contributed by atoms with Crippen molar-refractivity contribution in [1.82, 2.24) is 9.47 Å². The van der Waals surface area contributed by atoms with Gasteiger partial charge in [0.2, 0.25) is 0 Å². The van der Waals surface area contributed by atoms with E-state index in [1.54, 1.807) is 13.2 Å². The van der Waals surface area contributed by atoms with Crippen molar-refractivity contribution in [2.75, 3.05) is 13.7 Å². The molecule has 0 N–H and O–H groups in total. The number of aryl methyl sites for hydroxylation is 1. The number of carbonyl (C=O) groups excluding carboxylic acids is 1. The average Bonchev–Trinajstić information content (AvgIpc) is 3.08. The SMILES string of the molecule is C=C=CCOC1C(=O)N(Cc2ccc(OC)cc2)C1c1cc2ccccc2n1C. The molecule has 5 heteroatoms. The molecule has 5 nitrogen and oxygen atoms in total. The van der Waals surface area contributed by atoms with Crippen molar-refractivity contribution in [2.24, 2.45) is 7.05 Å². The van der Waals surface area contributed by atoms with E-state index >= 15 is 0 Å². The van der Waals surface area contributed by atoms with Crippen LogP contribution in [0.1, 0.15) is 17.3 Å². The second-order valence-electron chi connectivity index (χ2n) is 7.11. The van der Waals surface area contributed by atoms with Gasteiger partial charge in [0.25, 0.3) is 5.91 Å². The summed E-state index contributed by atoms with van der Waals surface area (Å²) < 4.78 is 13.2. The highest BCUT2D eigenvalue weighted by Crippen LogP contribution is 2.40. The van der Waals surface area contributed by atoms with Crippen LogP contribution < -0.4 is 4.74 Å². The van der Waals surface area contributed by atoms with Crippen molar-refractivity contribution in [3.05, 3.63) is 84.2 Å². The van der Waals surface area contributed by atoms with E-state index < -0.39 is 6.10 Å². The van der Waals surface area contributed by atoms with Crippen molar-refractivity contribution in [1.29, 1.82) is 0 Å². The summed E-state index contributed by atoms with van der Waals surface area (Å²) in [5, 5.41) is 1.15. The quantitative estimate of drug-likeness (QED) is 0.454. The zero-order valence-corrected chi connectivity index (χ0v) is 16.7. The Morgan fingerprint density at radius 3 is 2.62 bits per heavy atom. The van der Waals surface area contributed by atoms with Crippen LogP contribution in [0.25, 0.3) is 10.9 Å². The molecule has 1 amide bonds. The van der Waals surface area contributed by atoms with E-state index in [9.17, 15) is 4.79 Å². The first kappa shape index (κ1) is 19.1. The highest BCUT2D eigenvalue weighted by molar-refractivity contribution is 5.90. The highest BCUT2D eigenvalue weighted by Gasteiger charge is 2.50. The average molecular weight is 388 g/mol. The van der Waals surface area contributed by atoms with Gasteiger partial charge in [0.15, 0.2) is 6.10 Å². The molecule has 0 spiro atoms. The molecule has 1 fully saturated rings. The van der Waals surface area contributed by atoms with Gasteiger partial charge in [-0.25, -0.2) is 0 Å². The number of likely N-dealkylation sites (tertiary alicyclic amines) is 1. The number of β-lactam (4-membered cyclic amide) rings is 1. The molecule has 2 heterocycles. The molecule has 0 aliphatic carbocycles. The van der Waals surface area contributed by atoms with Crippen molar-refractivity contribution in [3.63, 3.8) is 0 Å². The predicted molar refractivity (Wildman–Crippen MR) is 113 cm³/mol. The molecule has 3 aromatic rings. The monoisotopic (exact) mass is 388 g/mol. The molecule has 1 aliphatic heterocycles. The summed E-state index contributed by atoms with van der Waals surface area (Å²) in [5.41, 5.74) is 5.94. The number of rotatable bonds is 7. The Labute approximate surface area is 170 Å². The number of benzene rings is 2. The van der Waals surface area contributed by atoms with Gasteiger partial charge in [0.1, 0.15) is 11.8 Å². The van der Waals surface area contributed by atoms with Crippen LogP contribution in [0.4, 0.5) is 0 Å². The lowest BCUT2D eigenvalue weighted by molar-refractivity contribution is -0.175. The summed E-state index contributed by atoms with van der Waals surface area (Å²) in [7, 11) is 3.68. The summed E-state index contributed by atoms with van der Waals surface area (Å²) >= 11 is 0. The van der Waals surface area contributed by atoms with Gasteiger partial charge < -0.3 is 18.9 Å². The molecular formula is C24H24N2O3. The molecule has 0 bridgehead atoms. The molecule has 4 rings (SSSR count). The van der Waals surface area contributed by atoms with E-state index in [1.807, 2.05) is 48.3 Å². The lowest BCUT2D eigenvalue weighted by atomic mass is 9.93. The molecule has 0 saturated carbocycles. The Kier molecular flexibility index (Phi) is 5.26. The van der Waals surface area contributed by atoms with E-state index in [-0.39, 0.29) is 11.9 Å². The van der Waals surface area contributed by atoms with E-state index in [0.29, 0.717) is 13.2 Å². The number of hydrogen-bond acceptors (Lipinski definition) is 3. The third-order valence-electron chi connectivity index (χ3n) is 5.46. The van der Waals surface area contributed by atoms with Gasteiger partial charge >= 0.3 is 0 Å². The Hall–Kier alpha value is -3.27. The van der Waals surface area contributed by atoms with Crippen molar-refractivity contribution < 1.29 is 14.3 Å². The number of fused-ring (bicyclic) bond motifs is 1. The fourth-order valence-electron chi connectivity index (χ4n) is 3.90. The normalized spacial score (nSPS) is 18.4. The zero-order chi connectivity index (χ0) is 20.4. The maximum atomic E-state index is 12.9. The maximum Gasteiger partial charge on any atom is 0.255 e. The Morgan fingerprint density at radius 1 is 1.17 bits per heavy atom. The summed E-state index contributed by atoms with van der Waals surface area (Å²) in [5.74, 6) is 0.792. The van der Waals surface area contributed by atoms with Gasteiger partial charge in [-0.15, -0.1) is 5.73 Å². The highest BCUT2D eigenvalue weighted by atomic mass is 16.5. The zero-order valence-electron chi connectivity index (χ0n) is 16.7. The van der Waals surface area contributed by atoms with Gasteiger partial charge in [-0.05, 0) is 41.3 Å². The summed E-state index contributed by atoms with van der Waals surface area (Å²) in [6.07, 6.45) is 1.18. The number of nitrogens with zero attached hydrogens (tertiary/aromatic N) is 2. The predicted octanol–water partition coefficient (Wildman–Crippen LogP) is 4.00. The van der Waals surface area contributed by atoms with E-state index in [2.05, 4.69) is 35.1 Å². The lowest BCUT2D eigenvalue weighted by Crippen LogP contribution is -2.59. The first-order valence-corrected chi connectivity index (χ1v) is 9.57. The molecule has 2 aromatic carbocycles. The van der Waals surface area contributed by atoms with Crippen molar-refractivity contribution >= 4 is 16.8 Å². The smallest absolute Gasteiger partial charge is 0.255 e. The minimum Gasteiger partial charge on any atom is -0.497 e. The van der Waals surface area contributed by atoms with Crippen LogP contribution in [0.3, 0.4) is 0 Å². The van der Waals surface area contributed by atoms with Crippen LogP contribution in [0, 0.1) is 0 Å². The first-order chi connectivity index (χ1) is 14.1. The fourth-order valence-corrected chi connectivity index (χ4v) is 3.90. The third-order valence-corrected chi connectivity index (χ3v) is 5.46. The lowest BCUT2D eigenvalue weighted by Gasteiger charge is -2.46. The Balaban J connectivity index is 1.66. The van der Waals surface area contributed by atoms with Gasteiger partial charge in [-0.3, -0.25) is 4.79 Å². The molecule has 1 aliphatic rings. The van der Waals surface area contributed by atoms with Crippen molar-refractivity contribution in [2.45, 2.75) is 18.7 Å². The molecular weight excluding hydrogens is 364 g/mol. The molecule has 29 heavy (non-hydrogen) atoms. The molecule has 0 radical (unpaired) electrons. The molecule has 1 aromatic heterocycles. The van der Waals surface area contributed by atoms with Gasteiger partial charge in [-0.1, -0.05) is 36.9 Å². The molecule has 148 valence electrons. The second-order valence-corrected chi connectivity index (χ2v) is 7.11. The van der Waals surface area contributed by atoms with Crippen LogP contribution in [0.15, 0.2) is 73.0 Å². The minimum absolute atomic E-state index is 0.00598. The minimum atomic E-state index is -0.513. The van der Waals surface area contributed by atoms with Gasteiger partial charge in [0.05, 0.1) is 13.7 Å². The number of amides is 1. The molecule has 1 saturated heterocycles.